The summed E-state index contributed by atoms with van der Waals surface area (Å²) in [5.74, 6) is -1.03. The lowest BCUT2D eigenvalue weighted by molar-refractivity contribution is -0.163. The Balaban J connectivity index is 3.97. The SMILES string of the molecule is O=CN(CCCCC(=O)O)C(=O)OCC(F)(F)F. The molecule has 1 N–H and O–H groups in total. The minimum Gasteiger partial charge on any atom is -0.481 e. The van der Waals surface area contributed by atoms with Gasteiger partial charge in [-0.3, -0.25) is 14.5 Å². The molecule has 0 aromatic rings. The summed E-state index contributed by atoms with van der Waals surface area (Å²) >= 11 is 0. The highest BCUT2D eigenvalue weighted by molar-refractivity contribution is 5.80. The zero-order chi connectivity index (χ0) is 14.2. The molecular weight excluding hydrogens is 259 g/mol. The standard InChI is InChI=1S/C9H12F3NO5/c10-9(11,12)5-18-8(17)13(6-14)4-2-1-3-7(15)16/h6H,1-5H2,(H,15,16). The third-order valence-electron chi connectivity index (χ3n) is 1.76. The van der Waals surface area contributed by atoms with Gasteiger partial charge >= 0.3 is 18.2 Å². The third kappa shape index (κ3) is 8.36. The number of carbonyl (C=O) groups excluding carboxylic acids is 2. The molecule has 0 aliphatic heterocycles. The molecular formula is C9H12F3NO5. The fraction of sp³-hybridized carbons (Fsp3) is 0.667. The van der Waals surface area contributed by atoms with Gasteiger partial charge in [0.1, 0.15) is 0 Å². The second kappa shape index (κ2) is 7.51. The third-order valence-corrected chi connectivity index (χ3v) is 1.76. The van der Waals surface area contributed by atoms with Crippen LogP contribution in [0.1, 0.15) is 19.3 Å². The van der Waals surface area contributed by atoms with Crippen LogP contribution in [0.25, 0.3) is 0 Å². The van der Waals surface area contributed by atoms with Crippen LogP contribution in [0.5, 0.6) is 0 Å². The number of carbonyl (C=O) groups is 3. The molecule has 0 spiro atoms. The normalized spacial score (nSPS) is 10.8. The van der Waals surface area contributed by atoms with Gasteiger partial charge < -0.3 is 9.84 Å². The van der Waals surface area contributed by atoms with Crippen LogP contribution in [0.15, 0.2) is 0 Å². The smallest absolute Gasteiger partial charge is 0.422 e. The predicted molar refractivity (Wildman–Crippen MR) is 51.7 cm³/mol. The molecule has 0 unspecified atom stereocenters. The van der Waals surface area contributed by atoms with E-state index < -0.39 is 24.8 Å². The molecule has 0 rings (SSSR count). The van der Waals surface area contributed by atoms with Crippen LogP contribution in [-0.4, -0.2) is 47.8 Å². The zero-order valence-corrected chi connectivity index (χ0v) is 9.27. The number of nitrogens with zero attached hydrogens (tertiary/aromatic N) is 1. The number of alkyl halides is 3. The summed E-state index contributed by atoms with van der Waals surface area (Å²) in [6.07, 6.45) is -5.80. The monoisotopic (exact) mass is 271 g/mol. The van der Waals surface area contributed by atoms with Crippen LogP contribution in [-0.2, 0) is 14.3 Å². The van der Waals surface area contributed by atoms with E-state index in [1.807, 2.05) is 0 Å². The van der Waals surface area contributed by atoms with Crippen molar-refractivity contribution >= 4 is 18.5 Å². The van der Waals surface area contributed by atoms with Gasteiger partial charge in [0.15, 0.2) is 6.61 Å². The summed E-state index contributed by atoms with van der Waals surface area (Å²) in [5, 5.41) is 8.32. The first-order chi connectivity index (χ1) is 8.26. The molecule has 0 aliphatic carbocycles. The molecule has 104 valence electrons. The van der Waals surface area contributed by atoms with E-state index in [4.69, 9.17) is 5.11 Å². The first kappa shape index (κ1) is 16.2. The Kier molecular flexibility index (Phi) is 6.76. The van der Waals surface area contributed by atoms with Crippen LogP contribution in [0.3, 0.4) is 0 Å². The maximum absolute atomic E-state index is 11.7. The van der Waals surface area contributed by atoms with E-state index in [1.54, 1.807) is 0 Å². The van der Waals surface area contributed by atoms with Crippen molar-refractivity contribution in [3.05, 3.63) is 0 Å². The number of aliphatic carboxylic acids is 1. The molecule has 0 radical (unpaired) electrons. The van der Waals surface area contributed by atoms with E-state index in [0.717, 1.165) is 0 Å². The molecule has 6 nitrogen and oxygen atoms in total. The van der Waals surface area contributed by atoms with Crippen molar-refractivity contribution in [2.24, 2.45) is 0 Å². The Morgan fingerprint density at radius 2 is 1.89 bits per heavy atom. The first-order valence-electron chi connectivity index (χ1n) is 4.93. The van der Waals surface area contributed by atoms with E-state index in [2.05, 4.69) is 4.74 Å². The molecule has 0 fully saturated rings. The number of rotatable bonds is 7. The van der Waals surface area contributed by atoms with Gasteiger partial charge in [-0.2, -0.15) is 13.2 Å². The van der Waals surface area contributed by atoms with Gasteiger partial charge in [-0.1, -0.05) is 0 Å². The Labute approximate surface area is 100 Å². The second-order valence-electron chi connectivity index (χ2n) is 3.32. The summed E-state index contributed by atoms with van der Waals surface area (Å²) in [6, 6.07) is 0. The maximum Gasteiger partial charge on any atom is 0.422 e. The van der Waals surface area contributed by atoms with Gasteiger partial charge in [-0.05, 0) is 12.8 Å². The number of carboxylic acid groups (broad SMARTS) is 1. The van der Waals surface area contributed by atoms with Crippen LogP contribution >= 0.6 is 0 Å². The summed E-state index contributed by atoms with van der Waals surface area (Å²) in [7, 11) is 0. The highest BCUT2D eigenvalue weighted by atomic mass is 19.4. The van der Waals surface area contributed by atoms with Crippen molar-refractivity contribution in [1.29, 1.82) is 0 Å². The lowest BCUT2D eigenvalue weighted by Gasteiger charge is -2.15. The maximum atomic E-state index is 11.7. The fourth-order valence-corrected chi connectivity index (χ4v) is 0.972. The number of ether oxygens (including phenoxy) is 1. The molecule has 0 aliphatic rings. The number of hydrogen-bond acceptors (Lipinski definition) is 4. The number of carboxylic acids is 1. The van der Waals surface area contributed by atoms with Crippen LogP contribution in [0, 0.1) is 0 Å². The van der Waals surface area contributed by atoms with Gasteiger partial charge in [0.05, 0.1) is 0 Å². The van der Waals surface area contributed by atoms with E-state index in [0.29, 0.717) is 4.90 Å². The predicted octanol–water partition coefficient (Wildman–Crippen LogP) is 1.40. The zero-order valence-electron chi connectivity index (χ0n) is 9.27. The molecule has 0 aromatic heterocycles. The summed E-state index contributed by atoms with van der Waals surface area (Å²) < 4.78 is 39.0. The Bertz CT molecular complexity index is 305. The van der Waals surface area contributed by atoms with Gasteiger partial charge in [0.25, 0.3) is 0 Å². The largest absolute Gasteiger partial charge is 0.481 e. The molecule has 18 heavy (non-hydrogen) atoms. The summed E-state index contributed by atoms with van der Waals surface area (Å²) in [5.41, 5.74) is 0. The van der Waals surface area contributed by atoms with Crippen molar-refractivity contribution in [3.8, 4) is 0 Å². The molecule has 0 heterocycles. The quantitative estimate of drug-likeness (QED) is 0.559. The average Bonchev–Trinajstić information content (AvgIpc) is 2.24. The number of halogens is 3. The highest BCUT2D eigenvalue weighted by Crippen LogP contribution is 2.15. The minimum atomic E-state index is -4.66. The lowest BCUT2D eigenvalue weighted by Crippen LogP contribution is -2.33. The first-order valence-corrected chi connectivity index (χ1v) is 4.93. The van der Waals surface area contributed by atoms with E-state index in [9.17, 15) is 27.6 Å². The van der Waals surface area contributed by atoms with Gasteiger partial charge in [-0.25, -0.2) is 4.79 Å². The number of unbranched alkanes of at least 4 members (excludes halogenated alkanes) is 1. The second-order valence-corrected chi connectivity index (χ2v) is 3.32. The van der Waals surface area contributed by atoms with E-state index in [-0.39, 0.29) is 32.2 Å². The molecule has 0 atom stereocenters. The fourth-order valence-electron chi connectivity index (χ4n) is 0.972. The number of hydrogen-bond donors (Lipinski definition) is 1. The van der Waals surface area contributed by atoms with Gasteiger partial charge in [0, 0.05) is 13.0 Å². The van der Waals surface area contributed by atoms with Crippen molar-refractivity contribution in [2.75, 3.05) is 13.2 Å². The van der Waals surface area contributed by atoms with Gasteiger partial charge in [0.2, 0.25) is 6.41 Å². The Morgan fingerprint density at radius 1 is 1.28 bits per heavy atom. The van der Waals surface area contributed by atoms with Crippen molar-refractivity contribution < 1.29 is 37.4 Å². The Morgan fingerprint density at radius 3 is 2.33 bits per heavy atom. The Hall–Kier alpha value is -1.80. The molecule has 0 aromatic carbocycles. The topological polar surface area (TPSA) is 83.9 Å². The van der Waals surface area contributed by atoms with Crippen LogP contribution < -0.4 is 0 Å². The van der Waals surface area contributed by atoms with Crippen LogP contribution in [0.2, 0.25) is 0 Å². The number of amides is 2. The summed E-state index contributed by atoms with van der Waals surface area (Å²) in [4.78, 5) is 32.0. The average molecular weight is 271 g/mol. The molecule has 2 amide bonds. The minimum absolute atomic E-state index is 0.0411. The van der Waals surface area contributed by atoms with E-state index in [1.165, 1.54) is 0 Å². The molecule has 0 bridgehead atoms. The number of imide groups is 1. The van der Waals surface area contributed by atoms with Gasteiger partial charge in [-0.15, -0.1) is 0 Å². The van der Waals surface area contributed by atoms with Crippen molar-refractivity contribution in [2.45, 2.75) is 25.4 Å². The molecule has 0 saturated heterocycles. The van der Waals surface area contributed by atoms with Crippen LogP contribution in [0.4, 0.5) is 18.0 Å². The van der Waals surface area contributed by atoms with Crippen molar-refractivity contribution in [1.82, 2.24) is 4.90 Å². The summed E-state index contributed by atoms with van der Waals surface area (Å²) in [6.45, 7) is -1.96. The lowest BCUT2D eigenvalue weighted by atomic mass is 10.2. The molecule has 0 saturated carbocycles. The van der Waals surface area contributed by atoms with E-state index >= 15 is 0 Å². The molecule has 9 heteroatoms. The van der Waals surface area contributed by atoms with Crippen molar-refractivity contribution in [3.63, 3.8) is 0 Å². The highest BCUT2D eigenvalue weighted by Gasteiger charge is 2.30.